The van der Waals surface area contributed by atoms with Crippen molar-refractivity contribution in [2.75, 3.05) is 31.6 Å². The van der Waals surface area contributed by atoms with Gasteiger partial charge in [-0.2, -0.15) is 0 Å². The zero-order chi connectivity index (χ0) is 57.7. The zero-order valence-corrected chi connectivity index (χ0v) is 45.3. The summed E-state index contributed by atoms with van der Waals surface area (Å²) in [5, 5.41) is 46.8. The fourth-order valence-corrected chi connectivity index (χ4v) is 13.6. The first-order chi connectivity index (χ1) is 39.0. The summed E-state index contributed by atoms with van der Waals surface area (Å²) in [6, 6.07) is 9.63. The van der Waals surface area contributed by atoms with Gasteiger partial charge in [0.25, 0.3) is 0 Å². The molecule has 4 fully saturated rings. The number of imidazole rings is 2. The third-order valence-electron chi connectivity index (χ3n) is 17.9. The molecule has 6 aromatic heterocycles. The molecule has 0 bridgehead atoms. The van der Waals surface area contributed by atoms with Crippen LogP contribution >= 0.6 is 0 Å². The Morgan fingerprint density at radius 1 is 0.646 bits per heavy atom. The SMILES string of the molecule is CC(C)N(C[C@H]1C[C@@H](n2ccc3c(N)ncnc32)[C@H](O)[C@@H]1O)C1CC(CCc2nc3c(-c4nc(N)c5ccn([C@@H]6C[C@H](CN(C)C7CC(CCc8nc9ccc(OC(F)(F)F)cc9[nH]8)C7)[C@@H](O)[C@H]6O)c5n4)cc(OC(F)(F)F)cc3[nH]2)C1. The molecule has 4 saturated carbocycles. The second-order valence-electron chi connectivity index (χ2n) is 23.5. The monoisotopic (exact) mass is 1140 g/mol. The van der Waals surface area contributed by atoms with Crippen LogP contribution < -0.4 is 20.9 Å². The van der Waals surface area contributed by atoms with Gasteiger partial charge < -0.3 is 65.4 Å². The first-order valence-electron chi connectivity index (χ1n) is 27.9. The van der Waals surface area contributed by atoms with Crippen LogP contribution in [0.3, 0.4) is 0 Å². The Balaban J connectivity index is 0.689. The number of anilines is 2. The van der Waals surface area contributed by atoms with E-state index in [0.717, 1.165) is 38.5 Å². The van der Waals surface area contributed by atoms with E-state index in [2.05, 4.69) is 63.0 Å². The number of ether oxygens (including phenoxy) is 2. The lowest BCUT2D eigenvalue weighted by Gasteiger charge is -2.46. The Hall–Kier alpha value is -6.84. The van der Waals surface area contributed by atoms with E-state index < -0.39 is 48.9 Å². The fraction of sp³-hybridized carbons (Fsp3) is 0.536. The number of alkyl halides is 6. The summed E-state index contributed by atoms with van der Waals surface area (Å²) in [5.74, 6) is 1.05. The van der Waals surface area contributed by atoms with Crippen molar-refractivity contribution in [2.45, 2.75) is 145 Å². The summed E-state index contributed by atoms with van der Waals surface area (Å²) in [5.41, 5.74) is 15.3. The Bertz CT molecular complexity index is 3610. The number of aromatic nitrogens is 10. The summed E-state index contributed by atoms with van der Waals surface area (Å²) in [4.78, 5) is 38.3. The molecule has 10 N–H and O–H groups in total. The van der Waals surface area contributed by atoms with Crippen LogP contribution in [0.1, 0.15) is 88.9 Å². The van der Waals surface area contributed by atoms with E-state index in [-0.39, 0.29) is 64.5 Å². The van der Waals surface area contributed by atoms with Crippen LogP contribution in [0.25, 0.3) is 55.5 Å². The number of nitrogens with two attached hydrogens (primary N) is 2. The van der Waals surface area contributed by atoms with Gasteiger partial charge in [-0.3, -0.25) is 4.90 Å². The second kappa shape index (κ2) is 21.4. The van der Waals surface area contributed by atoms with Gasteiger partial charge in [-0.25, -0.2) is 29.9 Å². The maximum absolute atomic E-state index is 13.8. The standard InChI is InChI=1S/C56H66F6N14O6/c1-26(2)76(24-30-19-41(48(79)47(30)78)74-12-10-35-50(63)65-25-66-53(35)74)32-16-28(17-32)5-9-44-69-40-22-34(82-56(60,61)62)20-37(45(40)70-44)52-71-51(64)36-11-13-75(54(36)72-52)42-18-29(46(77)49(42)80)23-73(3)31-14-27(15-31)4-8-43-67-38-7-6-33(21-39(38)68-43)81-55(57,58)59/h6-7,10-13,20-22,25-32,41-42,46-49,77-80H,4-5,8-9,14-19,23-24H2,1-3H3,(H,67,68)(H,69,70)(H2,63,65,66)(H2,64,71,72)/t27?,28?,29-,30-,31?,32?,41-,42-,46-,47-,48+,49+/m1/s1. The predicted octanol–water partition coefficient (Wildman–Crippen LogP) is 7.59. The normalized spacial score (nSPS) is 27.0. The molecule has 438 valence electrons. The summed E-state index contributed by atoms with van der Waals surface area (Å²) in [6.07, 6.45) is -1.79. The van der Waals surface area contributed by atoms with Crippen LogP contribution in [0.4, 0.5) is 38.0 Å². The van der Waals surface area contributed by atoms with Gasteiger partial charge >= 0.3 is 12.7 Å². The van der Waals surface area contributed by atoms with Crippen LogP contribution in [0.15, 0.2) is 61.2 Å². The van der Waals surface area contributed by atoms with Crippen LogP contribution in [-0.4, -0.2) is 155 Å². The molecule has 0 unspecified atom stereocenters. The average molecular weight is 1150 g/mol. The number of nitrogens with zero attached hydrogens (tertiary/aromatic N) is 10. The third kappa shape index (κ3) is 11.0. The van der Waals surface area contributed by atoms with Gasteiger partial charge in [0, 0.05) is 80.4 Å². The lowest BCUT2D eigenvalue weighted by Crippen LogP contribution is -2.51. The number of halogens is 6. The van der Waals surface area contributed by atoms with E-state index in [1.807, 2.05) is 23.9 Å². The number of hydrogen-bond donors (Lipinski definition) is 8. The molecule has 20 nitrogen and oxygen atoms in total. The Labute approximate surface area is 465 Å². The van der Waals surface area contributed by atoms with Gasteiger partial charge in [0.05, 0.1) is 62.7 Å². The van der Waals surface area contributed by atoms with Crippen molar-refractivity contribution >= 4 is 55.8 Å². The number of hydrogen-bond acceptors (Lipinski definition) is 16. The summed E-state index contributed by atoms with van der Waals surface area (Å²) < 4.78 is 91.8. The minimum Gasteiger partial charge on any atom is -0.406 e. The molecule has 4 aliphatic rings. The molecule has 0 aliphatic heterocycles. The van der Waals surface area contributed by atoms with Gasteiger partial charge in [-0.15, -0.1) is 26.3 Å². The van der Waals surface area contributed by atoms with E-state index in [1.54, 1.807) is 16.8 Å². The molecule has 8 aromatic rings. The molecule has 26 heteroatoms. The smallest absolute Gasteiger partial charge is 0.406 e. The van der Waals surface area contributed by atoms with Crippen molar-refractivity contribution in [3.63, 3.8) is 0 Å². The summed E-state index contributed by atoms with van der Waals surface area (Å²) >= 11 is 0. The summed E-state index contributed by atoms with van der Waals surface area (Å²) in [6.45, 7) is 5.36. The highest BCUT2D eigenvalue weighted by Crippen LogP contribution is 2.44. The Kier molecular flexibility index (Phi) is 14.5. The lowest BCUT2D eigenvalue weighted by molar-refractivity contribution is -0.275. The first-order valence-corrected chi connectivity index (χ1v) is 27.9. The van der Waals surface area contributed by atoms with Crippen LogP contribution in [0.5, 0.6) is 11.5 Å². The molecule has 0 radical (unpaired) electrons. The number of fused-ring (bicyclic) bond motifs is 4. The van der Waals surface area contributed by atoms with E-state index in [0.29, 0.717) is 107 Å². The van der Waals surface area contributed by atoms with Crippen molar-refractivity contribution in [3.8, 4) is 22.9 Å². The van der Waals surface area contributed by atoms with E-state index in [4.69, 9.17) is 21.4 Å². The molecule has 8 atom stereocenters. The van der Waals surface area contributed by atoms with Gasteiger partial charge in [-0.1, -0.05) is 0 Å². The predicted molar refractivity (Wildman–Crippen MR) is 291 cm³/mol. The number of nitrogen functional groups attached to an aromatic ring is 2. The van der Waals surface area contributed by atoms with Crippen molar-refractivity contribution in [3.05, 3.63) is 72.8 Å². The van der Waals surface area contributed by atoms with Crippen LogP contribution in [-0.2, 0) is 12.8 Å². The van der Waals surface area contributed by atoms with Crippen molar-refractivity contribution in [1.82, 2.24) is 58.8 Å². The number of aliphatic hydroxyl groups excluding tert-OH is 4. The number of H-pyrrole nitrogens is 2. The molecular weight excluding hydrogens is 1080 g/mol. The molecule has 6 heterocycles. The van der Waals surface area contributed by atoms with E-state index >= 15 is 0 Å². The first kappa shape index (κ1) is 55.7. The fourth-order valence-electron chi connectivity index (χ4n) is 13.6. The molecule has 2 aromatic carbocycles. The topological polar surface area (TPSA) is 277 Å². The third-order valence-corrected chi connectivity index (χ3v) is 17.9. The average Bonchev–Trinajstić information content (AvgIpc) is 3.76. The maximum Gasteiger partial charge on any atom is 0.573 e. The van der Waals surface area contributed by atoms with Crippen molar-refractivity contribution in [2.24, 2.45) is 23.7 Å². The molecule has 0 saturated heterocycles. The van der Waals surface area contributed by atoms with Crippen molar-refractivity contribution < 1.29 is 56.2 Å². The van der Waals surface area contributed by atoms with E-state index in [9.17, 15) is 46.8 Å². The number of aromatic amines is 2. The van der Waals surface area contributed by atoms with Crippen LogP contribution in [0.2, 0.25) is 0 Å². The van der Waals surface area contributed by atoms with Crippen LogP contribution in [0, 0.1) is 23.7 Å². The lowest BCUT2D eigenvalue weighted by atomic mass is 9.76. The number of aliphatic hydroxyl groups is 4. The maximum atomic E-state index is 13.8. The number of nitrogens with one attached hydrogen (secondary N) is 2. The molecule has 4 aliphatic carbocycles. The number of aryl methyl sites for hydroxylation is 2. The largest absolute Gasteiger partial charge is 0.573 e. The highest BCUT2D eigenvalue weighted by Gasteiger charge is 2.47. The quantitative estimate of drug-likeness (QED) is 0.0384. The highest BCUT2D eigenvalue weighted by molar-refractivity contribution is 5.95. The number of benzene rings is 2. The zero-order valence-electron chi connectivity index (χ0n) is 45.3. The molecule has 12 rings (SSSR count). The molecule has 0 spiro atoms. The van der Waals surface area contributed by atoms with E-state index in [1.165, 1.54) is 36.7 Å². The van der Waals surface area contributed by atoms with Gasteiger partial charge in [0.15, 0.2) is 5.82 Å². The Morgan fingerprint density at radius 2 is 1.22 bits per heavy atom. The minimum atomic E-state index is -5.01. The van der Waals surface area contributed by atoms with Gasteiger partial charge in [0.1, 0.15) is 64.6 Å². The second-order valence-corrected chi connectivity index (χ2v) is 23.5. The van der Waals surface area contributed by atoms with Gasteiger partial charge in [-0.05, 0) is 114 Å². The van der Waals surface area contributed by atoms with Gasteiger partial charge in [0.2, 0.25) is 0 Å². The Morgan fingerprint density at radius 3 is 1.87 bits per heavy atom. The molecular formula is C56H66F6N14O6. The van der Waals surface area contributed by atoms with Crippen molar-refractivity contribution in [1.29, 1.82) is 0 Å². The summed E-state index contributed by atoms with van der Waals surface area (Å²) in [7, 11) is 2.00. The minimum absolute atomic E-state index is 0.00307. The number of rotatable bonds is 18. The molecule has 0 amide bonds. The highest BCUT2D eigenvalue weighted by atomic mass is 19.4. The molecule has 82 heavy (non-hydrogen) atoms.